The van der Waals surface area contributed by atoms with Crippen LogP contribution in [-0.4, -0.2) is 30.1 Å². The lowest BCUT2D eigenvalue weighted by molar-refractivity contribution is 0.106. The van der Waals surface area contributed by atoms with Crippen molar-refractivity contribution in [3.05, 3.63) is 0 Å². The van der Waals surface area contributed by atoms with E-state index in [0.29, 0.717) is 6.04 Å². The summed E-state index contributed by atoms with van der Waals surface area (Å²) in [4.78, 5) is 2.56. The van der Waals surface area contributed by atoms with Crippen LogP contribution in [0.4, 0.5) is 0 Å². The van der Waals surface area contributed by atoms with Gasteiger partial charge in [-0.05, 0) is 38.6 Å². The minimum atomic E-state index is 0.368. The summed E-state index contributed by atoms with van der Waals surface area (Å²) in [5.41, 5.74) is 5.97. The Kier molecular flexibility index (Phi) is 4.20. The van der Waals surface area contributed by atoms with Gasteiger partial charge in [-0.2, -0.15) is 0 Å². The molecule has 2 heteroatoms. The second-order valence-corrected chi connectivity index (χ2v) is 4.52. The van der Waals surface area contributed by atoms with Crippen molar-refractivity contribution in [1.29, 1.82) is 0 Å². The van der Waals surface area contributed by atoms with Crippen molar-refractivity contribution in [3.63, 3.8) is 0 Å². The van der Waals surface area contributed by atoms with Crippen LogP contribution in [0.2, 0.25) is 0 Å². The van der Waals surface area contributed by atoms with E-state index in [0.717, 1.165) is 24.9 Å². The van der Waals surface area contributed by atoms with Crippen LogP contribution in [0, 0.1) is 5.92 Å². The summed E-state index contributed by atoms with van der Waals surface area (Å²) in [5.74, 6) is 0.845. The van der Waals surface area contributed by atoms with E-state index in [9.17, 15) is 0 Å². The van der Waals surface area contributed by atoms with Crippen LogP contribution in [0.3, 0.4) is 0 Å². The second-order valence-electron chi connectivity index (χ2n) is 4.52. The van der Waals surface area contributed by atoms with Crippen molar-refractivity contribution in [3.8, 4) is 0 Å². The van der Waals surface area contributed by atoms with Crippen LogP contribution in [0.15, 0.2) is 0 Å². The molecule has 1 saturated heterocycles. The van der Waals surface area contributed by atoms with Crippen molar-refractivity contribution in [2.24, 2.45) is 11.7 Å². The summed E-state index contributed by atoms with van der Waals surface area (Å²) in [7, 11) is 0. The fourth-order valence-electron chi connectivity index (χ4n) is 2.11. The fourth-order valence-corrected chi connectivity index (χ4v) is 2.11. The molecular weight excluding hydrogens is 160 g/mol. The van der Waals surface area contributed by atoms with Crippen LogP contribution in [-0.2, 0) is 0 Å². The van der Waals surface area contributed by atoms with E-state index in [4.69, 9.17) is 5.73 Å². The highest BCUT2D eigenvalue weighted by atomic mass is 15.2. The van der Waals surface area contributed by atoms with Crippen molar-refractivity contribution in [2.75, 3.05) is 13.1 Å². The fraction of sp³-hybridized carbons (Fsp3) is 1.00. The zero-order valence-corrected chi connectivity index (χ0v) is 9.29. The van der Waals surface area contributed by atoms with Gasteiger partial charge >= 0.3 is 0 Å². The summed E-state index contributed by atoms with van der Waals surface area (Å²) in [6.45, 7) is 9.20. The van der Waals surface area contributed by atoms with Crippen LogP contribution < -0.4 is 5.73 Å². The molecule has 0 spiro atoms. The van der Waals surface area contributed by atoms with Gasteiger partial charge in [0.15, 0.2) is 0 Å². The highest BCUT2D eigenvalue weighted by Gasteiger charge is 2.25. The molecule has 0 aromatic carbocycles. The van der Waals surface area contributed by atoms with Gasteiger partial charge in [-0.1, -0.05) is 13.8 Å². The smallest absolute Gasteiger partial charge is 0.0165 e. The predicted molar refractivity (Wildman–Crippen MR) is 57.7 cm³/mol. The zero-order chi connectivity index (χ0) is 9.84. The molecule has 78 valence electrons. The quantitative estimate of drug-likeness (QED) is 0.725. The first-order valence-corrected chi connectivity index (χ1v) is 5.64. The van der Waals surface area contributed by atoms with E-state index >= 15 is 0 Å². The molecule has 0 saturated carbocycles. The van der Waals surface area contributed by atoms with Gasteiger partial charge in [0.05, 0.1) is 0 Å². The first-order valence-electron chi connectivity index (χ1n) is 5.64. The van der Waals surface area contributed by atoms with E-state index in [2.05, 4.69) is 25.7 Å². The molecule has 1 aliphatic heterocycles. The number of nitrogens with two attached hydrogens (primary N) is 1. The largest absolute Gasteiger partial charge is 0.327 e. The first-order chi connectivity index (χ1) is 6.15. The topological polar surface area (TPSA) is 29.3 Å². The average molecular weight is 184 g/mol. The molecule has 13 heavy (non-hydrogen) atoms. The highest BCUT2D eigenvalue weighted by Crippen LogP contribution is 2.22. The molecule has 1 heterocycles. The lowest BCUT2D eigenvalue weighted by atomic mass is 9.91. The predicted octanol–water partition coefficient (Wildman–Crippen LogP) is 1.84. The minimum absolute atomic E-state index is 0.368. The molecule has 0 radical (unpaired) electrons. The summed E-state index contributed by atoms with van der Waals surface area (Å²) in [6, 6.07) is 1.10. The van der Waals surface area contributed by atoms with Crippen LogP contribution in [0.5, 0.6) is 0 Å². The van der Waals surface area contributed by atoms with E-state index in [1.54, 1.807) is 0 Å². The maximum atomic E-state index is 5.97. The Bertz CT molecular complexity index is 147. The Morgan fingerprint density at radius 2 is 2.15 bits per heavy atom. The van der Waals surface area contributed by atoms with Gasteiger partial charge < -0.3 is 5.73 Å². The summed E-state index contributed by atoms with van der Waals surface area (Å²) in [6.07, 6.45) is 3.83. The van der Waals surface area contributed by atoms with Crippen molar-refractivity contribution in [2.45, 2.75) is 52.1 Å². The molecule has 3 unspecified atom stereocenters. The first kappa shape index (κ1) is 11.0. The van der Waals surface area contributed by atoms with Crippen LogP contribution >= 0.6 is 0 Å². The maximum absolute atomic E-state index is 5.97. The Hall–Kier alpha value is -0.0800. The standard InChI is InChI=1S/C11H24N2/c1-4-11(12)8-13-7-5-6-9(2)10(13)3/h9-11H,4-8,12H2,1-3H3. The molecule has 1 fully saturated rings. The SMILES string of the molecule is CCC(N)CN1CCCC(C)C1C. The number of likely N-dealkylation sites (tertiary alicyclic amines) is 1. The zero-order valence-electron chi connectivity index (χ0n) is 9.29. The van der Waals surface area contributed by atoms with Crippen LogP contribution in [0.1, 0.15) is 40.0 Å². The number of hydrogen-bond donors (Lipinski definition) is 1. The summed E-state index contributed by atoms with van der Waals surface area (Å²) in [5, 5.41) is 0. The van der Waals surface area contributed by atoms with E-state index in [1.165, 1.54) is 19.4 Å². The third kappa shape index (κ3) is 2.96. The normalized spacial score (nSPS) is 33.2. The molecule has 2 N–H and O–H groups in total. The van der Waals surface area contributed by atoms with Gasteiger partial charge in [0.25, 0.3) is 0 Å². The van der Waals surface area contributed by atoms with Crippen molar-refractivity contribution in [1.82, 2.24) is 4.90 Å². The van der Waals surface area contributed by atoms with Gasteiger partial charge in [-0.15, -0.1) is 0 Å². The van der Waals surface area contributed by atoms with Gasteiger partial charge in [0.1, 0.15) is 0 Å². The molecule has 3 atom stereocenters. The molecule has 2 nitrogen and oxygen atoms in total. The molecule has 0 bridgehead atoms. The molecule has 0 aliphatic carbocycles. The Morgan fingerprint density at radius 3 is 2.77 bits per heavy atom. The lowest BCUT2D eigenvalue weighted by Gasteiger charge is -2.39. The Balaban J connectivity index is 2.39. The number of piperidine rings is 1. The Morgan fingerprint density at radius 1 is 1.46 bits per heavy atom. The van der Waals surface area contributed by atoms with Gasteiger partial charge in [-0.25, -0.2) is 0 Å². The van der Waals surface area contributed by atoms with Crippen molar-refractivity contribution < 1.29 is 0 Å². The third-order valence-corrected chi connectivity index (χ3v) is 3.50. The van der Waals surface area contributed by atoms with E-state index < -0.39 is 0 Å². The van der Waals surface area contributed by atoms with Crippen LogP contribution in [0.25, 0.3) is 0 Å². The molecule has 0 aromatic heterocycles. The molecule has 1 rings (SSSR count). The van der Waals surface area contributed by atoms with Gasteiger partial charge in [0.2, 0.25) is 0 Å². The van der Waals surface area contributed by atoms with Gasteiger partial charge in [-0.3, -0.25) is 4.90 Å². The number of hydrogen-bond acceptors (Lipinski definition) is 2. The number of rotatable bonds is 3. The molecule has 1 aliphatic rings. The average Bonchev–Trinajstić information content (AvgIpc) is 2.13. The maximum Gasteiger partial charge on any atom is 0.0165 e. The van der Waals surface area contributed by atoms with Gasteiger partial charge in [0, 0.05) is 18.6 Å². The van der Waals surface area contributed by atoms with E-state index in [1.807, 2.05) is 0 Å². The monoisotopic (exact) mass is 184 g/mol. The number of nitrogens with zero attached hydrogens (tertiary/aromatic N) is 1. The van der Waals surface area contributed by atoms with Crippen molar-refractivity contribution >= 4 is 0 Å². The Labute approximate surface area is 82.5 Å². The van der Waals surface area contributed by atoms with E-state index in [-0.39, 0.29) is 0 Å². The minimum Gasteiger partial charge on any atom is -0.327 e. The third-order valence-electron chi connectivity index (χ3n) is 3.50. The summed E-state index contributed by atoms with van der Waals surface area (Å²) >= 11 is 0. The highest BCUT2D eigenvalue weighted by molar-refractivity contribution is 4.80. The molecular formula is C11H24N2. The molecule has 0 aromatic rings. The lowest BCUT2D eigenvalue weighted by Crippen LogP contribution is -2.47. The second kappa shape index (κ2) is 4.97. The molecule has 0 amide bonds. The summed E-state index contributed by atoms with van der Waals surface area (Å²) < 4.78 is 0.